The minimum absolute atomic E-state index is 0.0213. The molecule has 2 aromatic heterocycles. The Kier molecular flexibility index (Phi) is 5.86. The lowest BCUT2D eigenvalue weighted by Gasteiger charge is -2.12. The maximum Gasteiger partial charge on any atom is 0.417 e. The Bertz CT molecular complexity index is 1340. The number of amides is 1. The largest absolute Gasteiger partial charge is 0.497 e. The number of thiophene rings is 1. The van der Waals surface area contributed by atoms with Crippen molar-refractivity contribution in [3.63, 3.8) is 0 Å². The van der Waals surface area contributed by atoms with Gasteiger partial charge >= 0.3 is 6.18 Å². The number of halogens is 3. The Labute approximate surface area is 190 Å². The van der Waals surface area contributed by atoms with E-state index in [0.29, 0.717) is 22.7 Å². The highest BCUT2D eigenvalue weighted by molar-refractivity contribution is 7.21. The number of fused-ring (bicyclic) bond motifs is 1. The first-order valence-corrected chi connectivity index (χ1v) is 10.4. The number of nitrogen functional groups attached to an aromatic ring is 1. The summed E-state index contributed by atoms with van der Waals surface area (Å²) in [4.78, 5) is 17.3. The van der Waals surface area contributed by atoms with Gasteiger partial charge in [-0.25, -0.2) is 4.98 Å². The lowest BCUT2D eigenvalue weighted by molar-refractivity contribution is -0.136. The van der Waals surface area contributed by atoms with Gasteiger partial charge in [-0.05, 0) is 18.2 Å². The Balaban J connectivity index is 1.81. The first-order chi connectivity index (χ1) is 15.7. The highest BCUT2D eigenvalue weighted by atomic mass is 32.1. The average Bonchev–Trinajstić information content (AvgIpc) is 3.15. The van der Waals surface area contributed by atoms with E-state index in [1.807, 2.05) is 0 Å². The number of pyridine rings is 1. The normalized spacial score (nSPS) is 11.4. The van der Waals surface area contributed by atoms with Crippen LogP contribution in [0.1, 0.15) is 15.2 Å². The first-order valence-electron chi connectivity index (χ1n) is 9.62. The summed E-state index contributed by atoms with van der Waals surface area (Å²) in [5.41, 5.74) is 5.81. The monoisotopic (exact) mass is 473 g/mol. The number of benzene rings is 2. The number of alkyl halides is 3. The molecule has 0 aliphatic rings. The van der Waals surface area contributed by atoms with Gasteiger partial charge < -0.3 is 20.5 Å². The number of aromatic nitrogens is 1. The number of anilines is 2. The van der Waals surface area contributed by atoms with E-state index in [0.717, 1.165) is 17.4 Å². The molecule has 1 amide bonds. The van der Waals surface area contributed by atoms with E-state index in [1.54, 1.807) is 48.5 Å². The number of ether oxygens (including phenoxy) is 2. The molecule has 0 fully saturated rings. The quantitative estimate of drug-likeness (QED) is 0.381. The van der Waals surface area contributed by atoms with Crippen molar-refractivity contribution in [3.8, 4) is 22.8 Å². The van der Waals surface area contributed by atoms with Gasteiger partial charge in [-0.3, -0.25) is 4.79 Å². The number of hydrogen-bond donors (Lipinski definition) is 2. The number of nitrogens with zero attached hydrogens (tertiary/aromatic N) is 1. The lowest BCUT2D eigenvalue weighted by atomic mass is 10.1. The smallest absolute Gasteiger partial charge is 0.417 e. The molecule has 2 aromatic carbocycles. The minimum Gasteiger partial charge on any atom is -0.497 e. The van der Waals surface area contributed by atoms with Crippen molar-refractivity contribution in [1.82, 2.24) is 4.98 Å². The van der Waals surface area contributed by atoms with Crippen LogP contribution in [0.2, 0.25) is 0 Å². The molecule has 6 nitrogen and oxygen atoms in total. The highest BCUT2D eigenvalue weighted by Gasteiger charge is 2.36. The van der Waals surface area contributed by atoms with Gasteiger partial charge in [-0.2, -0.15) is 13.2 Å². The second kappa shape index (κ2) is 8.62. The fourth-order valence-corrected chi connectivity index (χ4v) is 4.37. The Morgan fingerprint density at radius 2 is 1.79 bits per heavy atom. The van der Waals surface area contributed by atoms with Gasteiger partial charge in [0.05, 0.1) is 36.9 Å². The summed E-state index contributed by atoms with van der Waals surface area (Å²) in [6.45, 7) is 0. The predicted molar refractivity (Wildman–Crippen MR) is 122 cm³/mol. The lowest BCUT2D eigenvalue weighted by Crippen LogP contribution is -2.13. The number of hydrogen-bond acceptors (Lipinski definition) is 6. The van der Waals surface area contributed by atoms with E-state index >= 15 is 0 Å². The second-order valence-corrected chi connectivity index (χ2v) is 7.96. The van der Waals surface area contributed by atoms with Crippen molar-refractivity contribution in [2.75, 3.05) is 25.3 Å². The van der Waals surface area contributed by atoms with Crippen molar-refractivity contribution < 1.29 is 27.4 Å². The molecular weight excluding hydrogens is 455 g/mol. The van der Waals surface area contributed by atoms with Crippen LogP contribution >= 0.6 is 11.3 Å². The van der Waals surface area contributed by atoms with Gasteiger partial charge in [0.15, 0.2) is 0 Å². The number of methoxy groups -OCH3 is 2. The molecule has 3 N–H and O–H groups in total. The molecule has 4 rings (SSSR count). The molecule has 0 spiro atoms. The van der Waals surface area contributed by atoms with E-state index in [9.17, 15) is 18.0 Å². The molecule has 0 saturated heterocycles. The zero-order valence-electron chi connectivity index (χ0n) is 17.5. The molecule has 0 aliphatic carbocycles. The molecule has 0 radical (unpaired) electrons. The third-order valence-electron chi connectivity index (χ3n) is 4.94. The number of carbonyl (C=O) groups is 1. The SMILES string of the molecule is COc1ccc(NC(=O)c2sc3nc(-c4ccccc4)cc(C(F)(F)F)c3c2N)c(OC)c1. The van der Waals surface area contributed by atoms with Crippen LogP contribution in [0.5, 0.6) is 11.5 Å². The predicted octanol–water partition coefficient (Wildman–Crippen LogP) is 5.83. The third-order valence-corrected chi connectivity index (χ3v) is 6.04. The molecule has 0 saturated carbocycles. The van der Waals surface area contributed by atoms with Crippen molar-refractivity contribution in [3.05, 3.63) is 65.0 Å². The standard InChI is InChI=1S/C23H18F3N3O3S/c1-31-13-8-9-15(17(10-13)32-2)28-21(30)20-19(27)18-14(23(24,25)26)11-16(29-22(18)33-20)12-6-4-3-5-7-12/h3-11H,27H2,1-2H3,(H,28,30). The van der Waals surface area contributed by atoms with Gasteiger partial charge in [0.25, 0.3) is 5.91 Å². The average molecular weight is 473 g/mol. The fraction of sp³-hybridized carbons (Fsp3) is 0.130. The van der Waals surface area contributed by atoms with Crippen LogP contribution in [0.3, 0.4) is 0 Å². The third kappa shape index (κ3) is 4.29. The summed E-state index contributed by atoms with van der Waals surface area (Å²) in [6.07, 6.45) is -4.69. The summed E-state index contributed by atoms with van der Waals surface area (Å²) in [6, 6.07) is 14.2. The molecule has 33 heavy (non-hydrogen) atoms. The first kappa shape index (κ1) is 22.4. The van der Waals surface area contributed by atoms with Gasteiger partial charge in [0, 0.05) is 17.0 Å². The fourth-order valence-electron chi connectivity index (χ4n) is 3.35. The molecule has 2 heterocycles. The molecule has 4 aromatic rings. The van der Waals surface area contributed by atoms with E-state index in [-0.39, 0.29) is 26.5 Å². The molecule has 10 heteroatoms. The van der Waals surface area contributed by atoms with Crippen LogP contribution in [0, 0.1) is 0 Å². The summed E-state index contributed by atoms with van der Waals surface area (Å²) in [7, 11) is 2.91. The summed E-state index contributed by atoms with van der Waals surface area (Å²) >= 11 is 0.798. The van der Waals surface area contributed by atoms with Crippen LogP contribution < -0.4 is 20.5 Å². The van der Waals surface area contributed by atoms with Gasteiger partial charge in [0.2, 0.25) is 0 Å². The molecule has 0 unspecified atom stereocenters. The van der Waals surface area contributed by atoms with Gasteiger partial charge in [0.1, 0.15) is 21.2 Å². The number of nitrogens with two attached hydrogens (primary N) is 1. The molecule has 0 bridgehead atoms. The molecule has 0 aliphatic heterocycles. The van der Waals surface area contributed by atoms with Gasteiger partial charge in [-0.15, -0.1) is 11.3 Å². The maximum absolute atomic E-state index is 13.9. The summed E-state index contributed by atoms with van der Waals surface area (Å²) in [5, 5.41) is 2.34. The number of carbonyl (C=O) groups excluding carboxylic acids is 1. The number of nitrogens with one attached hydrogen (secondary N) is 1. The second-order valence-electron chi connectivity index (χ2n) is 6.96. The van der Waals surface area contributed by atoms with Crippen LogP contribution in [0.25, 0.3) is 21.5 Å². The molecule has 0 atom stereocenters. The summed E-state index contributed by atoms with van der Waals surface area (Å²) < 4.78 is 52.1. The topological polar surface area (TPSA) is 86.5 Å². The van der Waals surface area contributed by atoms with E-state index in [1.165, 1.54) is 14.2 Å². The maximum atomic E-state index is 13.9. The van der Waals surface area contributed by atoms with Gasteiger partial charge in [-0.1, -0.05) is 30.3 Å². The zero-order valence-corrected chi connectivity index (χ0v) is 18.3. The molecule has 170 valence electrons. The van der Waals surface area contributed by atoms with Crippen molar-refractivity contribution in [2.45, 2.75) is 6.18 Å². The van der Waals surface area contributed by atoms with Crippen LogP contribution in [-0.4, -0.2) is 25.1 Å². The zero-order chi connectivity index (χ0) is 23.8. The number of rotatable bonds is 5. The Morgan fingerprint density at radius 3 is 2.42 bits per heavy atom. The van der Waals surface area contributed by atoms with E-state index in [4.69, 9.17) is 15.2 Å². The van der Waals surface area contributed by atoms with Crippen molar-refractivity contribution >= 4 is 38.8 Å². The van der Waals surface area contributed by atoms with Crippen LogP contribution in [0.4, 0.5) is 24.5 Å². The Morgan fingerprint density at radius 1 is 1.06 bits per heavy atom. The van der Waals surface area contributed by atoms with E-state index in [2.05, 4.69) is 10.3 Å². The highest BCUT2D eigenvalue weighted by Crippen LogP contribution is 2.44. The minimum atomic E-state index is -4.69. The van der Waals surface area contributed by atoms with E-state index < -0.39 is 17.6 Å². The Hall–Kier alpha value is -3.79. The van der Waals surface area contributed by atoms with Crippen molar-refractivity contribution in [1.29, 1.82) is 0 Å². The molecular formula is C23H18F3N3O3S. The van der Waals surface area contributed by atoms with Crippen molar-refractivity contribution in [2.24, 2.45) is 0 Å². The summed E-state index contributed by atoms with van der Waals surface area (Å²) in [5.74, 6) is 0.162. The van der Waals surface area contributed by atoms with Crippen LogP contribution in [-0.2, 0) is 6.18 Å². The van der Waals surface area contributed by atoms with Crippen LogP contribution in [0.15, 0.2) is 54.6 Å².